The molecule has 1 aromatic heterocycles. The molecule has 0 atom stereocenters. The van der Waals surface area contributed by atoms with Gasteiger partial charge in [-0.05, 0) is 32.4 Å². The minimum Gasteiger partial charge on any atom is -0.338 e. The van der Waals surface area contributed by atoms with Crippen LogP contribution < -0.4 is 0 Å². The van der Waals surface area contributed by atoms with E-state index in [1.807, 2.05) is 6.08 Å². The number of fused-ring (bicyclic) bond motifs is 1. The molecule has 1 aromatic carbocycles. The van der Waals surface area contributed by atoms with E-state index in [0.29, 0.717) is 0 Å². The predicted molar refractivity (Wildman–Crippen MR) is 66.2 cm³/mol. The number of allylic oxidation sites excluding steroid dienone is 1. The molecule has 1 heterocycles. The van der Waals surface area contributed by atoms with Crippen LogP contribution in [0, 0.1) is 6.92 Å². The van der Waals surface area contributed by atoms with Gasteiger partial charge in [0.1, 0.15) is 0 Å². The van der Waals surface area contributed by atoms with Crippen molar-refractivity contribution >= 4 is 10.9 Å². The van der Waals surface area contributed by atoms with E-state index in [0.717, 1.165) is 0 Å². The van der Waals surface area contributed by atoms with E-state index in [4.69, 9.17) is 0 Å². The van der Waals surface area contributed by atoms with Gasteiger partial charge in [-0.3, -0.25) is 0 Å². The highest BCUT2D eigenvalue weighted by atomic mass is 15.0. The Balaban J connectivity index is 2.78. The molecule has 0 unspecified atom stereocenters. The monoisotopic (exact) mass is 199 g/mol. The van der Waals surface area contributed by atoms with Crippen LogP contribution in [0.4, 0.5) is 0 Å². The number of para-hydroxylation sites is 1. The molecule has 78 valence electrons. The van der Waals surface area contributed by atoms with Crippen LogP contribution >= 0.6 is 0 Å². The molecule has 0 fully saturated rings. The maximum absolute atomic E-state index is 3.90. The summed E-state index contributed by atoms with van der Waals surface area (Å²) in [5.41, 5.74) is 2.56. The van der Waals surface area contributed by atoms with Crippen LogP contribution in [-0.2, 0) is 5.54 Å². The lowest BCUT2D eigenvalue weighted by Crippen LogP contribution is -2.21. The van der Waals surface area contributed by atoms with E-state index in [2.05, 4.69) is 62.4 Å². The van der Waals surface area contributed by atoms with E-state index in [1.54, 1.807) is 0 Å². The fraction of sp³-hybridized carbons (Fsp3) is 0.286. The molecule has 0 saturated heterocycles. The minimum atomic E-state index is -0.0339. The van der Waals surface area contributed by atoms with E-state index < -0.39 is 0 Å². The molecule has 15 heavy (non-hydrogen) atoms. The SMILES string of the molecule is C=CC(C)(C)n1cc(C)c2ccccc21. The maximum atomic E-state index is 3.90. The normalized spacial score (nSPS) is 11.9. The van der Waals surface area contributed by atoms with Gasteiger partial charge in [0.15, 0.2) is 0 Å². The van der Waals surface area contributed by atoms with Gasteiger partial charge < -0.3 is 4.57 Å². The number of hydrogen-bond donors (Lipinski definition) is 0. The fourth-order valence-corrected chi connectivity index (χ4v) is 1.93. The van der Waals surface area contributed by atoms with Gasteiger partial charge in [-0.15, -0.1) is 6.58 Å². The second kappa shape index (κ2) is 3.27. The Morgan fingerprint density at radius 3 is 2.60 bits per heavy atom. The molecular weight excluding hydrogens is 182 g/mol. The highest BCUT2D eigenvalue weighted by Crippen LogP contribution is 2.27. The number of aryl methyl sites for hydroxylation is 1. The van der Waals surface area contributed by atoms with Crippen LogP contribution in [0.15, 0.2) is 43.1 Å². The predicted octanol–water partition coefficient (Wildman–Crippen LogP) is 3.87. The van der Waals surface area contributed by atoms with Crippen LogP contribution in [0.25, 0.3) is 10.9 Å². The molecule has 0 bridgehead atoms. The summed E-state index contributed by atoms with van der Waals surface area (Å²) >= 11 is 0. The Kier molecular flexibility index (Phi) is 2.18. The van der Waals surface area contributed by atoms with E-state index in [-0.39, 0.29) is 5.54 Å². The minimum absolute atomic E-state index is 0.0339. The second-order valence-electron chi connectivity index (χ2n) is 4.56. The Bertz CT molecular complexity index is 503. The van der Waals surface area contributed by atoms with Crippen LogP contribution in [0.2, 0.25) is 0 Å². The van der Waals surface area contributed by atoms with Crippen molar-refractivity contribution in [2.45, 2.75) is 26.3 Å². The molecule has 0 saturated carbocycles. The molecule has 0 aliphatic heterocycles. The summed E-state index contributed by atoms with van der Waals surface area (Å²) in [6.45, 7) is 10.4. The standard InChI is InChI=1S/C14H17N/c1-5-14(3,4)15-10-11(2)12-8-6-7-9-13(12)15/h5-10H,1H2,2-4H3. The third-order valence-electron chi connectivity index (χ3n) is 3.03. The maximum Gasteiger partial charge on any atom is 0.0569 e. The van der Waals surface area contributed by atoms with Crippen molar-refractivity contribution in [3.63, 3.8) is 0 Å². The lowest BCUT2D eigenvalue weighted by molar-refractivity contribution is 0.471. The van der Waals surface area contributed by atoms with Gasteiger partial charge >= 0.3 is 0 Å². The molecule has 2 rings (SSSR count). The van der Waals surface area contributed by atoms with Crippen molar-refractivity contribution in [1.82, 2.24) is 4.57 Å². The van der Waals surface area contributed by atoms with Crippen LogP contribution in [0.3, 0.4) is 0 Å². The van der Waals surface area contributed by atoms with Gasteiger partial charge in [-0.25, -0.2) is 0 Å². The highest BCUT2D eigenvalue weighted by molar-refractivity contribution is 5.84. The largest absolute Gasteiger partial charge is 0.338 e. The smallest absolute Gasteiger partial charge is 0.0569 e. The quantitative estimate of drug-likeness (QED) is 0.647. The lowest BCUT2D eigenvalue weighted by Gasteiger charge is -2.23. The van der Waals surface area contributed by atoms with Crippen molar-refractivity contribution in [3.8, 4) is 0 Å². The van der Waals surface area contributed by atoms with Crippen molar-refractivity contribution in [1.29, 1.82) is 0 Å². The Labute approximate surface area is 91.0 Å². The third-order valence-corrected chi connectivity index (χ3v) is 3.03. The molecule has 0 radical (unpaired) electrons. The van der Waals surface area contributed by atoms with Gasteiger partial charge in [0.25, 0.3) is 0 Å². The number of hydrogen-bond acceptors (Lipinski definition) is 0. The number of rotatable bonds is 2. The molecule has 0 spiro atoms. The summed E-state index contributed by atoms with van der Waals surface area (Å²) in [6.07, 6.45) is 4.19. The summed E-state index contributed by atoms with van der Waals surface area (Å²) in [7, 11) is 0. The first-order valence-electron chi connectivity index (χ1n) is 5.27. The Hall–Kier alpha value is -1.50. The van der Waals surface area contributed by atoms with Crippen LogP contribution in [-0.4, -0.2) is 4.57 Å². The third kappa shape index (κ3) is 1.48. The number of nitrogens with zero attached hydrogens (tertiary/aromatic N) is 1. The number of benzene rings is 1. The average molecular weight is 199 g/mol. The van der Waals surface area contributed by atoms with Gasteiger partial charge in [-0.1, -0.05) is 24.3 Å². The van der Waals surface area contributed by atoms with Crippen LogP contribution in [0.5, 0.6) is 0 Å². The average Bonchev–Trinajstić information content (AvgIpc) is 2.58. The molecular formula is C14H17N. The summed E-state index contributed by atoms with van der Waals surface area (Å²) in [6, 6.07) is 8.49. The zero-order valence-corrected chi connectivity index (χ0v) is 9.62. The van der Waals surface area contributed by atoms with Gasteiger partial charge in [0.2, 0.25) is 0 Å². The van der Waals surface area contributed by atoms with Crippen molar-refractivity contribution in [3.05, 3.63) is 48.7 Å². The molecule has 1 heteroatoms. The first-order chi connectivity index (χ1) is 7.06. The first kappa shape index (κ1) is 10.0. The van der Waals surface area contributed by atoms with Crippen molar-refractivity contribution < 1.29 is 0 Å². The molecule has 0 N–H and O–H groups in total. The topological polar surface area (TPSA) is 4.93 Å². The Morgan fingerprint density at radius 1 is 1.27 bits per heavy atom. The zero-order valence-electron chi connectivity index (χ0n) is 9.62. The fourth-order valence-electron chi connectivity index (χ4n) is 1.93. The van der Waals surface area contributed by atoms with Crippen molar-refractivity contribution in [2.75, 3.05) is 0 Å². The van der Waals surface area contributed by atoms with E-state index in [9.17, 15) is 0 Å². The lowest BCUT2D eigenvalue weighted by atomic mass is 10.1. The van der Waals surface area contributed by atoms with E-state index >= 15 is 0 Å². The second-order valence-corrected chi connectivity index (χ2v) is 4.56. The van der Waals surface area contributed by atoms with Crippen LogP contribution in [0.1, 0.15) is 19.4 Å². The summed E-state index contributed by atoms with van der Waals surface area (Å²) < 4.78 is 2.28. The number of aromatic nitrogens is 1. The zero-order chi connectivity index (χ0) is 11.1. The van der Waals surface area contributed by atoms with Gasteiger partial charge in [0, 0.05) is 17.1 Å². The van der Waals surface area contributed by atoms with E-state index in [1.165, 1.54) is 16.5 Å². The van der Waals surface area contributed by atoms with Gasteiger partial charge in [0.05, 0.1) is 5.54 Å². The summed E-state index contributed by atoms with van der Waals surface area (Å²) in [4.78, 5) is 0. The van der Waals surface area contributed by atoms with Gasteiger partial charge in [-0.2, -0.15) is 0 Å². The molecule has 2 aromatic rings. The molecule has 1 nitrogen and oxygen atoms in total. The summed E-state index contributed by atoms with van der Waals surface area (Å²) in [5, 5.41) is 1.33. The Morgan fingerprint density at radius 2 is 1.93 bits per heavy atom. The summed E-state index contributed by atoms with van der Waals surface area (Å²) in [5.74, 6) is 0. The molecule has 0 aliphatic rings. The van der Waals surface area contributed by atoms with Crippen molar-refractivity contribution in [2.24, 2.45) is 0 Å². The molecule has 0 aliphatic carbocycles. The molecule has 0 amide bonds. The highest BCUT2D eigenvalue weighted by Gasteiger charge is 2.18. The first-order valence-corrected chi connectivity index (χ1v) is 5.27.